The molecule has 0 fully saturated rings. The minimum Gasteiger partial charge on any atom is -0.481 e. The van der Waals surface area contributed by atoms with E-state index in [2.05, 4.69) is 10.6 Å². The average molecular weight is 395 g/mol. The van der Waals surface area contributed by atoms with E-state index in [0.29, 0.717) is 15.8 Å². The van der Waals surface area contributed by atoms with Gasteiger partial charge in [0, 0.05) is 15.7 Å². The fourth-order valence-electron chi connectivity index (χ4n) is 2.36. The summed E-state index contributed by atoms with van der Waals surface area (Å²) in [5.74, 6) is -0.350. The number of carbonyl (C=O) groups is 2. The molecule has 0 heterocycles. The van der Waals surface area contributed by atoms with E-state index in [-0.39, 0.29) is 12.5 Å². The van der Waals surface area contributed by atoms with Crippen molar-refractivity contribution in [2.45, 2.75) is 26.9 Å². The van der Waals surface area contributed by atoms with Gasteiger partial charge in [0.1, 0.15) is 5.75 Å². The highest BCUT2D eigenvalue weighted by atomic mass is 35.5. The van der Waals surface area contributed by atoms with Crippen LogP contribution in [0.3, 0.4) is 0 Å². The van der Waals surface area contributed by atoms with Crippen LogP contribution < -0.4 is 15.4 Å². The zero-order chi connectivity index (χ0) is 19.3. The van der Waals surface area contributed by atoms with E-state index in [1.54, 1.807) is 25.1 Å². The van der Waals surface area contributed by atoms with Crippen molar-refractivity contribution >= 4 is 40.7 Å². The lowest BCUT2D eigenvalue weighted by atomic mass is 10.1. The van der Waals surface area contributed by atoms with E-state index in [1.807, 2.05) is 32.0 Å². The van der Waals surface area contributed by atoms with Gasteiger partial charge in [0.2, 0.25) is 5.91 Å². The maximum Gasteiger partial charge on any atom is 0.261 e. The van der Waals surface area contributed by atoms with Crippen molar-refractivity contribution in [2.24, 2.45) is 0 Å². The van der Waals surface area contributed by atoms with Crippen molar-refractivity contribution in [1.82, 2.24) is 5.32 Å². The summed E-state index contributed by atoms with van der Waals surface area (Å²) in [6.07, 6.45) is -0.808. The molecule has 26 heavy (non-hydrogen) atoms. The lowest BCUT2D eigenvalue weighted by Crippen LogP contribution is -2.40. The topological polar surface area (TPSA) is 67.4 Å². The van der Waals surface area contributed by atoms with E-state index in [4.69, 9.17) is 27.9 Å². The summed E-state index contributed by atoms with van der Waals surface area (Å²) in [4.78, 5) is 24.2. The standard InChI is InChI=1S/C19H20Cl2N2O3/c1-11-5-4-6-12(2)18(11)23-17(24)10-22-19(25)13(3)26-16-8-14(20)7-15(21)9-16/h4-9,13H,10H2,1-3H3,(H,22,25)(H,23,24). The maximum absolute atomic E-state index is 12.1. The van der Waals surface area contributed by atoms with Crippen molar-refractivity contribution < 1.29 is 14.3 Å². The molecule has 0 spiro atoms. The van der Waals surface area contributed by atoms with Crippen molar-refractivity contribution in [3.63, 3.8) is 0 Å². The number of amides is 2. The number of nitrogens with one attached hydrogen (secondary N) is 2. The summed E-state index contributed by atoms with van der Waals surface area (Å²) in [6, 6.07) is 10.4. The SMILES string of the molecule is Cc1cccc(C)c1NC(=O)CNC(=O)C(C)Oc1cc(Cl)cc(Cl)c1. The molecule has 1 unspecified atom stereocenters. The van der Waals surface area contributed by atoms with Crippen LogP contribution in [-0.4, -0.2) is 24.5 Å². The highest BCUT2D eigenvalue weighted by molar-refractivity contribution is 6.34. The van der Waals surface area contributed by atoms with Crippen LogP contribution in [0.15, 0.2) is 36.4 Å². The van der Waals surface area contributed by atoms with Crippen LogP contribution >= 0.6 is 23.2 Å². The van der Waals surface area contributed by atoms with Gasteiger partial charge in [0.05, 0.1) is 6.54 Å². The lowest BCUT2D eigenvalue weighted by molar-refractivity contribution is -0.129. The van der Waals surface area contributed by atoms with Crippen molar-refractivity contribution in [3.05, 3.63) is 57.6 Å². The van der Waals surface area contributed by atoms with Gasteiger partial charge in [0.25, 0.3) is 5.91 Å². The van der Waals surface area contributed by atoms with E-state index >= 15 is 0 Å². The number of hydrogen-bond acceptors (Lipinski definition) is 3. The predicted molar refractivity (Wildman–Crippen MR) is 104 cm³/mol. The molecule has 0 aliphatic carbocycles. The molecule has 2 N–H and O–H groups in total. The second-order valence-electron chi connectivity index (χ2n) is 5.90. The minimum absolute atomic E-state index is 0.156. The third kappa shape index (κ3) is 5.64. The van der Waals surface area contributed by atoms with Crippen molar-refractivity contribution in [1.29, 1.82) is 0 Å². The van der Waals surface area contributed by atoms with Crippen LogP contribution in [0.4, 0.5) is 5.69 Å². The Labute approximate surface area is 162 Å². The monoisotopic (exact) mass is 394 g/mol. The quantitative estimate of drug-likeness (QED) is 0.773. The highest BCUT2D eigenvalue weighted by Crippen LogP contribution is 2.25. The molecule has 1 atom stereocenters. The van der Waals surface area contributed by atoms with Gasteiger partial charge in [0.15, 0.2) is 6.10 Å². The van der Waals surface area contributed by atoms with Gasteiger partial charge in [-0.15, -0.1) is 0 Å². The first-order valence-corrected chi connectivity index (χ1v) is 8.78. The summed E-state index contributed by atoms with van der Waals surface area (Å²) in [7, 11) is 0. The first kappa shape index (κ1) is 20.1. The second kappa shape index (κ2) is 8.92. The first-order valence-electron chi connectivity index (χ1n) is 8.03. The van der Waals surface area contributed by atoms with Crippen LogP contribution in [0, 0.1) is 13.8 Å². The van der Waals surface area contributed by atoms with Gasteiger partial charge in [-0.2, -0.15) is 0 Å². The highest BCUT2D eigenvalue weighted by Gasteiger charge is 2.16. The molecule has 138 valence electrons. The van der Waals surface area contributed by atoms with Crippen LogP contribution in [0.5, 0.6) is 5.75 Å². The molecule has 7 heteroatoms. The van der Waals surface area contributed by atoms with Crippen molar-refractivity contribution in [2.75, 3.05) is 11.9 Å². The molecule has 0 aromatic heterocycles. The molecular formula is C19H20Cl2N2O3. The summed E-state index contributed by atoms with van der Waals surface area (Å²) in [6.45, 7) is 5.24. The molecular weight excluding hydrogens is 375 g/mol. The Kier molecular flexibility index (Phi) is 6.89. The van der Waals surface area contributed by atoms with Crippen LogP contribution in [0.2, 0.25) is 10.0 Å². The first-order chi connectivity index (χ1) is 12.3. The van der Waals surface area contributed by atoms with Gasteiger partial charge in [-0.3, -0.25) is 9.59 Å². The third-order valence-electron chi connectivity index (χ3n) is 3.69. The fraction of sp³-hybridized carbons (Fsp3) is 0.263. The predicted octanol–water partition coefficient (Wildman–Crippen LogP) is 4.13. The molecule has 0 bridgehead atoms. The Bertz CT molecular complexity index is 784. The Hall–Kier alpha value is -2.24. The van der Waals surface area contributed by atoms with E-state index < -0.39 is 12.0 Å². The molecule has 0 radical (unpaired) electrons. The van der Waals surface area contributed by atoms with Gasteiger partial charge >= 0.3 is 0 Å². The molecule has 2 aromatic rings. The number of hydrogen-bond donors (Lipinski definition) is 2. The molecule has 2 amide bonds. The van der Waals surface area contributed by atoms with Crippen LogP contribution in [-0.2, 0) is 9.59 Å². The lowest BCUT2D eigenvalue weighted by Gasteiger charge is -2.16. The van der Waals surface area contributed by atoms with Crippen molar-refractivity contribution in [3.8, 4) is 5.75 Å². The van der Waals surface area contributed by atoms with Gasteiger partial charge in [-0.1, -0.05) is 41.4 Å². The summed E-state index contributed by atoms with van der Waals surface area (Å²) < 4.78 is 5.51. The Morgan fingerprint density at radius 1 is 1.08 bits per heavy atom. The maximum atomic E-state index is 12.1. The number of aryl methyl sites for hydroxylation is 2. The second-order valence-corrected chi connectivity index (χ2v) is 6.77. The average Bonchev–Trinajstić information content (AvgIpc) is 2.55. The van der Waals surface area contributed by atoms with Gasteiger partial charge in [-0.05, 0) is 50.1 Å². The number of rotatable bonds is 6. The minimum atomic E-state index is -0.808. The Morgan fingerprint density at radius 3 is 2.23 bits per heavy atom. The number of halogens is 2. The smallest absolute Gasteiger partial charge is 0.261 e. The molecule has 0 saturated heterocycles. The molecule has 2 aromatic carbocycles. The largest absolute Gasteiger partial charge is 0.481 e. The number of carbonyl (C=O) groups excluding carboxylic acids is 2. The van der Waals surface area contributed by atoms with Gasteiger partial charge < -0.3 is 15.4 Å². The van der Waals surface area contributed by atoms with E-state index in [9.17, 15) is 9.59 Å². The van der Waals surface area contributed by atoms with Crippen LogP contribution in [0.1, 0.15) is 18.1 Å². The molecule has 2 rings (SSSR count). The zero-order valence-corrected chi connectivity index (χ0v) is 16.2. The Balaban J connectivity index is 1.88. The summed E-state index contributed by atoms with van der Waals surface area (Å²) >= 11 is 11.8. The van der Waals surface area contributed by atoms with Gasteiger partial charge in [-0.25, -0.2) is 0 Å². The number of ether oxygens (including phenoxy) is 1. The molecule has 0 saturated carbocycles. The molecule has 5 nitrogen and oxygen atoms in total. The van der Waals surface area contributed by atoms with E-state index in [0.717, 1.165) is 16.8 Å². The number of anilines is 1. The number of benzene rings is 2. The van der Waals surface area contributed by atoms with E-state index in [1.165, 1.54) is 0 Å². The fourth-order valence-corrected chi connectivity index (χ4v) is 2.87. The van der Waals surface area contributed by atoms with Crippen LogP contribution in [0.25, 0.3) is 0 Å². The molecule has 0 aliphatic rings. The normalized spacial score (nSPS) is 11.6. The third-order valence-corrected chi connectivity index (χ3v) is 4.12. The summed E-state index contributed by atoms with van der Waals surface area (Å²) in [5, 5.41) is 6.18. The summed E-state index contributed by atoms with van der Waals surface area (Å²) in [5.41, 5.74) is 2.67. The zero-order valence-electron chi connectivity index (χ0n) is 14.7. The number of para-hydroxylation sites is 1. The molecule has 0 aliphatic heterocycles. The Morgan fingerprint density at radius 2 is 1.65 bits per heavy atom.